The van der Waals surface area contributed by atoms with Crippen molar-refractivity contribution in [3.8, 4) is 0 Å². The Kier molecular flexibility index (Phi) is 8.36. The van der Waals surface area contributed by atoms with E-state index < -0.39 is 0 Å². The van der Waals surface area contributed by atoms with Crippen LogP contribution >= 0.6 is 23.4 Å². The largest absolute Gasteiger partial charge is 0.355 e. The lowest BCUT2D eigenvalue weighted by Gasteiger charge is -2.30. The Morgan fingerprint density at radius 2 is 2.33 bits per heavy atom. The van der Waals surface area contributed by atoms with E-state index in [4.69, 9.17) is 11.6 Å². The minimum atomic E-state index is -0.314. The van der Waals surface area contributed by atoms with Crippen molar-refractivity contribution in [1.82, 2.24) is 10.2 Å². The molecular formula is C18H26ClFN2OS. The van der Waals surface area contributed by atoms with Crippen LogP contribution in [0.2, 0.25) is 5.02 Å². The molecule has 1 N–H and O–H groups in total. The second-order valence-electron chi connectivity index (χ2n) is 6.48. The van der Waals surface area contributed by atoms with Crippen LogP contribution in [0, 0.1) is 11.7 Å². The first-order valence-corrected chi connectivity index (χ1v) is 10.1. The molecule has 1 amide bonds. The summed E-state index contributed by atoms with van der Waals surface area (Å²) in [5.41, 5.74) is 0.580. The molecule has 6 heteroatoms. The van der Waals surface area contributed by atoms with Gasteiger partial charge in [-0.15, -0.1) is 11.8 Å². The average Bonchev–Trinajstić information content (AvgIpc) is 2.54. The average molecular weight is 373 g/mol. The van der Waals surface area contributed by atoms with E-state index in [1.807, 2.05) is 0 Å². The van der Waals surface area contributed by atoms with Gasteiger partial charge >= 0.3 is 0 Å². The number of amides is 1. The van der Waals surface area contributed by atoms with Crippen LogP contribution < -0.4 is 5.32 Å². The van der Waals surface area contributed by atoms with Crippen LogP contribution in [0.1, 0.15) is 31.7 Å². The van der Waals surface area contributed by atoms with Crippen LogP contribution in [-0.4, -0.2) is 42.7 Å². The van der Waals surface area contributed by atoms with Crippen molar-refractivity contribution >= 4 is 29.3 Å². The van der Waals surface area contributed by atoms with Crippen LogP contribution in [0.5, 0.6) is 0 Å². The minimum Gasteiger partial charge on any atom is -0.355 e. The van der Waals surface area contributed by atoms with E-state index in [9.17, 15) is 9.18 Å². The molecule has 1 saturated heterocycles. The highest BCUT2D eigenvalue weighted by atomic mass is 35.5. The van der Waals surface area contributed by atoms with Gasteiger partial charge in [0, 0.05) is 23.9 Å². The molecular weight excluding hydrogens is 347 g/mol. The molecule has 2 rings (SSSR count). The molecule has 1 aliphatic rings. The summed E-state index contributed by atoms with van der Waals surface area (Å²) >= 11 is 7.14. The van der Waals surface area contributed by atoms with Crippen molar-refractivity contribution < 1.29 is 9.18 Å². The molecule has 24 heavy (non-hydrogen) atoms. The van der Waals surface area contributed by atoms with Gasteiger partial charge in [-0.3, -0.25) is 4.79 Å². The number of halogens is 2. The Labute approximate surface area is 153 Å². The van der Waals surface area contributed by atoms with Crippen LogP contribution in [0.4, 0.5) is 4.39 Å². The molecule has 1 unspecified atom stereocenters. The van der Waals surface area contributed by atoms with Gasteiger partial charge in [0.25, 0.3) is 0 Å². The summed E-state index contributed by atoms with van der Waals surface area (Å²) < 4.78 is 13.6. The summed E-state index contributed by atoms with van der Waals surface area (Å²) in [6.07, 6.45) is 3.60. The third-order valence-corrected chi connectivity index (χ3v) is 5.44. The molecule has 0 saturated carbocycles. The van der Waals surface area contributed by atoms with E-state index in [2.05, 4.69) is 17.1 Å². The molecule has 0 aromatic heterocycles. The Morgan fingerprint density at radius 3 is 3.08 bits per heavy atom. The van der Waals surface area contributed by atoms with Crippen molar-refractivity contribution in [1.29, 1.82) is 0 Å². The molecule has 0 radical (unpaired) electrons. The van der Waals surface area contributed by atoms with Crippen molar-refractivity contribution in [2.75, 3.05) is 31.9 Å². The number of piperidine rings is 1. The number of hydrogen-bond acceptors (Lipinski definition) is 3. The minimum absolute atomic E-state index is 0.0152. The molecule has 134 valence electrons. The van der Waals surface area contributed by atoms with Gasteiger partial charge in [0.1, 0.15) is 5.82 Å². The summed E-state index contributed by atoms with van der Waals surface area (Å²) in [5, 5.41) is 3.33. The summed E-state index contributed by atoms with van der Waals surface area (Å²) in [5.74, 6) is 1.32. The predicted molar refractivity (Wildman–Crippen MR) is 100 cm³/mol. The Balaban J connectivity index is 1.55. The summed E-state index contributed by atoms with van der Waals surface area (Å²) in [7, 11) is 0. The second kappa shape index (κ2) is 10.3. The van der Waals surface area contributed by atoms with E-state index in [0.29, 0.717) is 28.6 Å². The van der Waals surface area contributed by atoms with Crippen LogP contribution in [0.15, 0.2) is 18.2 Å². The molecule has 1 aliphatic heterocycles. The van der Waals surface area contributed by atoms with Gasteiger partial charge in [0.2, 0.25) is 5.91 Å². The van der Waals surface area contributed by atoms with E-state index in [1.54, 1.807) is 12.1 Å². The molecule has 1 heterocycles. The standard InChI is InChI=1S/C18H26ClFN2OS/c1-14-4-2-8-22(11-14)9-3-7-21-18(23)13-24-12-15-5-6-16(19)10-17(15)20/h5-6,10,14H,2-4,7-9,11-13H2,1H3,(H,21,23). The Morgan fingerprint density at radius 1 is 1.50 bits per heavy atom. The highest BCUT2D eigenvalue weighted by molar-refractivity contribution is 7.99. The van der Waals surface area contributed by atoms with Gasteiger partial charge < -0.3 is 10.2 Å². The Hall–Kier alpha value is -0.780. The summed E-state index contributed by atoms with van der Waals surface area (Å²) in [6.45, 7) is 6.42. The van der Waals surface area contributed by atoms with Crippen LogP contribution in [-0.2, 0) is 10.5 Å². The number of carbonyl (C=O) groups excluding carboxylic acids is 1. The molecule has 1 aromatic rings. The van der Waals surface area contributed by atoms with E-state index in [0.717, 1.165) is 18.9 Å². The van der Waals surface area contributed by atoms with Crippen molar-refractivity contribution in [3.63, 3.8) is 0 Å². The van der Waals surface area contributed by atoms with Crippen molar-refractivity contribution in [3.05, 3.63) is 34.6 Å². The molecule has 3 nitrogen and oxygen atoms in total. The van der Waals surface area contributed by atoms with Gasteiger partial charge in [0.05, 0.1) is 5.75 Å². The first-order chi connectivity index (χ1) is 11.5. The van der Waals surface area contributed by atoms with Crippen LogP contribution in [0.3, 0.4) is 0 Å². The number of thioether (sulfide) groups is 1. The van der Waals surface area contributed by atoms with Gasteiger partial charge in [-0.25, -0.2) is 4.39 Å². The maximum atomic E-state index is 13.6. The van der Waals surface area contributed by atoms with Gasteiger partial charge in [-0.2, -0.15) is 0 Å². The highest BCUT2D eigenvalue weighted by Crippen LogP contribution is 2.19. The summed E-state index contributed by atoms with van der Waals surface area (Å²) in [6, 6.07) is 4.64. The normalized spacial score (nSPS) is 18.5. The van der Waals surface area contributed by atoms with E-state index in [-0.39, 0.29) is 11.7 Å². The third-order valence-electron chi connectivity index (χ3n) is 4.22. The van der Waals surface area contributed by atoms with Gasteiger partial charge in [-0.05, 0) is 56.0 Å². The zero-order chi connectivity index (χ0) is 17.4. The zero-order valence-corrected chi connectivity index (χ0v) is 15.8. The smallest absolute Gasteiger partial charge is 0.230 e. The molecule has 0 aliphatic carbocycles. The SMILES string of the molecule is CC1CCCN(CCCNC(=O)CSCc2ccc(Cl)cc2F)C1. The van der Waals surface area contributed by atoms with Gasteiger partial charge in [0.15, 0.2) is 0 Å². The lowest BCUT2D eigenvalue weighted by Crippen LogP contribution is -2.36. The molecule has 1 fully saturated rings. The first-order valence-electron chi connectivity index (χ1n) is 8.55. The molecule has 0 spiro atoms. The topological polar surface area (TPSA) is 32.3 Å². The number of rotatable bonds is 8. The van der Waals surface area contributed by atoms with Gasteiger partial charge in [-0.1, -0.05) is 24.6 Å². The fraction of sp³-hybridized carbons (Fsp3) is 0.611. The maximum Gasteiger partial charge on any atom is 0.230 e. The first kappa shape index (κ1) is 19.5. The number of nitrogens with zero attached hydrogens (tertiary/aromatic N) is 1. The van der Waals surface area contributed by atoms with Crippen LogP contribution in [0.25, 0.3) is 0 Å². The number of likely N-dealkylation sites (tertiary alicyclic amines) is 1. The third kappa shape index (κ3) is 6.99. The monoisotopic (exact) mass is 372 g/mol. The van der Waals surface area contributed by atoms with E-state index >= 15 is 0 Å². The molecule has 1 atom stereocenters. The predicted octanol–water partition coefficient (Wildman–Crippen LogP) is 3.95. The zero-order valence-electron chi connectivity index (χ0n) is 14.2. The van der Waals surface area contributed by atoms with Crippen molar-refractivity contribution in [2.24, 2.45) is 5.92 Å². The number of carbonyl (C=O) groups is 1. The number of benzene rings is 1. The number of nitrogens with one attached hydrogen (secondary N) is 1. The maximum absolute atomic E-state index is 13.6. The fourth-order valence-electron chi connectivity index (χ4n) is 2.96. The fourth-order valence-corrected chi connectivity index (χ4v) is 3.97. The second-order valence-corrected chi connectivity index (χ2v) is 7.90. The highest BCUT2D eigenvalue weighted by Gasteiger charge is 2.15. The molecule has 0 bridgehead atoms. The van der Waals surface area contributed by atoms with Crippen molar-refractivity contribution in [2.45, 2.75) is 31.9 Å². The summed E-state index contributed by atoms with van der Waals surface area (Å²) in [4.78, 5) is 14.3. The Bertz CT molecular complexity index is 544. The molecule has 1 aromatic carbocycles. The van der Waals surface area contributed by atoms with E-state index in [1.165, 1.54) is 43.8 Å². The lowest BCUT2D eigenvalue weighted by molar-refractivity contribution is -0.118. The quantitative estimate of drug-likeness (QED) is 0.701. The number of hydrogen-bond donors (Lipinski definition) is 1. The lowest BCUT2D eigenvalue weighted by atomic mass is 10.0.